The van der Waals surface area contributed by atoms with E-state index < -0.39 is 11.8 Å². The molecule has 5 heteroatoms. The molecule has 20 heavy (non-hydrogen) atoms. The molecule has 1 fully saturated rings. The lowest BCUT2D eigenvalue weighted by molar-refractivity contribution is -0.138. The van der Waals surface area contributed by atoms with Crippen LogP contribution in [-0.4, -0.2) is 35.0 Å². The number of hydrogen-bond donors (Lipinski definition) is 1. The molecule has 1 aliphatic rings. The highest BCUT2D eigenvalue weighted by Crippen LogP contribution is 2.22. The zero-order valence-corrected chi connectivity index (χ0v) is 11.4. The fourth-order valence-corrected chi connectivity index (χ4v) is 2.56. The highest BCUT2D eigenvalue weighted by atomic mass is 19.1. The van der Waals surface area contributed by atoms with E-state index in [4.69, 9.17) is 5.11 Å². The fraction of sp³-hybridized carbons (Fsp3) is 0.467. The fourth-order valence-electron chi connectivity index (χ4n) is 2.56. The quantitative estimate of drug-likeness (QED) is 0.924. The second-order valence-electron chi connectivity index (χ2n) is 5.32. The summed E-state index contributed by atoms with van der Waals surface area (Å²) in [7, 11) is 0. The Bertz CT molecular complexity index is 522. The first-order valence-corrected chi connectivity index (χ1v) is 6.74. The second-order valence-corrected chi connectivity index (χ2v) is 5.32. The highest BCUT2D eigenvalue weighted by molar-refractivity contribution is 5.94. The van der Waals surface area contributed by atoms with Gasteiger partial charge in [-0.15, -0.1) is 0 Å². The van der Waals surface area contributed by atoms with Gasteiger partial charge in [0.05, 0.1) is 5.56 Å². The van der Waals surface area contributed by atoms with Crippen molar-refractivity contribution >= 4 is 11.9 Å². The number of carbonyl (C=O) groups is 2. The lowest BCUT2D eigenvalue weighted by atomic mass is 9.93. The van der Waals surface area contributed by atoms with E-state index in [9.17, 15) is 14.0 Å². The number of benzene rings is 1. The molecule has 0 spiro atoms. The van der Waals surface area contributed by atoms with Crippen molar-refractivity contribution in [3.05, 3.63) is 35.1 Å². The maximum absolute atomic E-state index is 13.7. The lowest BCUT2D eigenvalue weighted by Gasteiger charge is -2.31. The van der Waals surface area contributed by atoms with Gasteiger partial charge in [-0.3, -0.25) is 9.59 Å². The molecule has 0 radical (unpaired) electrons. The van der Waals surface area contributed by atoms with Crippen LogP contribution in [0, 0.1) is 18.7 Å². The standard InChI is InChI=1S/C15H18FNO3/c1-10-2-3-13(16)12(8-10)15(20)17-6-4-11(5-7-17)9-14(18)19/h2-3,8,11H,4-7,9H2,1H3,(H,18,19). The molecule has 108 valence electrons. The van der Waals surface area contributed by atoms with E-state index in [1.54, 1.807) is 17.0 Å². The number of piperidine rings is 1. The predicted octanol–water partition coefficient (Wildman–Crippen LogP) is 2.46. The van der Waals surface area contributed by atoms with Crippen LogP contribution in [0.5, 0.6) is 0 Å². The highest BCUT2D eigenvalue weighted by Gasteiger charge is 2.26. The van der Waals surface area contributed by atoms with Crippen molar-refractivity contribution in [3.8, 4) is 0 Å². The van der Waals surface area contributed by atoms with Crippen LogP contribution in [0.3, 0.4) is 0 Å². The normalized spacial score (nSPS) is 16.2. The number of hydrogen-bond acceptors (Lipinski definition) is 2. The Morgan fingerprint density at radius 3 is 2.60 bits per heavy atom. The molecule has 0 atom stereocenters. The third-order valence-electron chi connectivity index (χ3n) is 3.72. The average molecular weight is 279 g/mol. The summed E-state index contributed by atoms with van der Waals surface area (Å²) in [4.78, 5) is 24.5. The lowest BCUT2D eigenvalue weighted by Crippen LogP contribution is -2.39. The van der Waals surface area contributed by atoms with Crippen LogP contribution in [0.4, 0.5) is 4.39 Å². The number of amides is 1. The number of halogens is 1. The summed E-state index contributed by atoms with van der Waals surface area (Å²) < 4.78 is 13.7. The third-order valence-corrected chi connectivity index (χ3v) is 3.72. The largest absolute Gasteiger partial charge is 0.481 e. The Hall–Kier alpha value is -1.91. The summed E-state index contributed by atoms with van der Waals surface area (Å²) in [6.45, 7) is 2.80. The van der Waals surface area contributed by atoms with Gasteiger partial charge < -0.3 is 10.0 Å². The number of carboxylic acid groups (broad SMARTS) is 1. The van der Waals surface area contributed by atoms with E-state index in [-0.39, 0.29) is 23.8 Å². The maximum atomic E-state index is 13.7. The molecular formula is C15H18FNO3. The van der Waals surface area contributed by atoms with Crippen molar-refractivity contribution in [1.29, 1.82) is 0 Å². The second kappa shape index (κ2) is 6.03. The van der Waals surface area contributed by atoms with Crippen LogP contribution >= 0.6 is 0 Å². The van der Waals surface area contributed by atoms with Crippen molar-refractivity contribution in [2.75, 3.05) is 13.1 Å². The van der Waals surface area contributed by atoms with E-state index >= 15 is 0 Å². The Balaban J connectivity index is 2.01. The summed E-state index contributed by atoms with van der Waals surface area (Å²) in [5, 5.41) is 8.76. The van der Waals surface area contributed by atoms with E-state index in [1.807, 2.05) is 6.92 Å². The van der Waals surface area contributed by atoms with Gasteiger partial charge >= 0.3 is 5.97 Å². The van der Waals surface area contributed by atoms with Gasteiger partial charge in [0.2, 0.25) is 0 Å². The zero-order chi connectivity index (χ0) is 14.7. The Kier molecular flexibility index (Phi) is 4.37. The number of carbonyl (C=O) groups excluding carboxylic acids is 1. The molecule has 1 heterocycles. The number of likely N-dealkylation sites (tertiary alicyclic amines) is 1. The van der Waals surface area contributed by atoms with Gasteiger partial charge in [-0.05, 0) is 37.8 Å². The maximum Gasteiger partial charge on any atom is 0.303 e. The predicted molar refractivity (Wildman–Crippen MR) is 72.0 cm³/mol. The molecule has 1 saturated heterocycles. The molecule has 2 rings (SSSR count). The van der Waals surface area contributed by atoms with Crippen molar-refractivity contribution in [2.45, 2.75) is 26.2 Å². The molecule has 1 aliphatic heterocycles. The van der Waals surface area contributed by atoms with E-state index in [0.29, 0.717) is 25.9 Å². The smallest absolute Gasteiger partial charge is 0.303 e. The number of nitrogens with zero attached hydrogens (tertiary/aromatic N) is 1. The van der Waals surface area contributed by atoms with Crippen LogP contribution in [0.2, 0.25) is 0 Å². The van der Waals surface area contributed by atoms with Gasteiger partial charge in [0.1, 0.15) is 5.82 Å². The molecule has 0 saturated carbocycles. The molecular weight excluding hydrogens is 261 g/mol. The van der Waals surface area contributed by atoms with Crippen LogP contribution < -0.4 is 0 Å². The third kappa shape index (κ3) is 3.35. The van der Waals surface area contributed by atoms with Crippen molar-refractivity contribution in [1.82, 2.24) is 4.90 Å². The van der Waals surface area contributed by atoms with E-state index in [2.05, 4.69) is 0 Å². The van der Waals surface area contributed by atoms with Gasteiger partial charge in [-0.2, -0.15) is 0 Å². The van der Waals surface area contributed by atoms with Crippen LogP contribution in [0.15, 0.2) is 18.2 Å². The molecule has 1 aromatic rings. The first-order valence-electron chi connectivity index (χ1n) is 6.74. The van der Waals surface area contributed by atoms with Gasteiger partial charge in [-0.1, -0.05) is 11.6 Å². The number of aryl methyl sites for hydroxylation is 1. The Morgan fingerprint density at radius 2 is 2.00 bits per heavy atom. The molecule has 0 unspecified atom stereocenters. The minimum absolute atomic E-state index is 0.0988. The first-order chi connectivity index (χ1) is 9.47. The summed E-state index contributed by atoms with van der Waals surface area (Å²) in [5.74, 6) is -1.51. The topological polar surface area (TPSA) is 57.6 Å². The van der Waals surface area contributed by atoms with Gasteiger partial charge in [0.25, 0.3) is 5.91 Å². The average Bonchev–Trinajstić information content (AvgIpc) is 2.41. The summed E-state index contributed by atoms with van der Waals surface area (Å²) in [5.41, 5.74) is 0.942. The van der Waals surface area contributed by atoms with Gasteiger partial charge in [0, 0.05) is 19.5 Å². The Labute approximate surface area is 117 Å². The first kappa shape index (κ1) is 14.5. The van der Waals surface area contributed by atoms with Crippen LogP contribution in [-0.2, 0) is 4.79 Å². The summed E-state index contributed by atoms with van der Waals surface area (Å²) >= 11 is 0. The zero-order valence-electron chi connectivity index (χ0n) is 11.4. The van der Waals surface area contributed by atoms with E-state index in [0.717, 1.165) is 5.56 Å². The molecule has 1 amide bonds. The molecule has 4 nitrogen and oxygen atoms in total. The SMILES string of the molecule is Cc1ccc(F)c(C(=O)N2CCC(CC(=O)O)CC2)c1. The monoisotopic (exact) mass is 279 g/mol. The summed E-state index contributed by atoms with van der Waals surface area (Å²) in [6, 6.07) is 4.49. The van der Waals surface area contributed by atoms with Crippen LogP contribution in [0.25, 0.3) is 0 Å². The number of aliphatic carboxylic acids is 1. The van der Waals surface area contributed by atoms with E-state index in [1.165, 1.54) is 6.07 Å². The number of carboxylic acids is 1. The number of rotatable bonds is 3. The minimum Gasteiger partial charge on any atom is -0.481 e. The molecule has 1 N–H and O–H groups in total. The van der Waals surface area contributed by atoms with Gasteiger partial charge in [-0.25, -0.2) is 4.39 Å². The van der Waals surface area contributed by atoms with Gasteiger partial charge in [0.15, 0.2) is 0 Å². The van der Waals surface area contributed by atoms with Crippen LogP contribution in [0.1, 0.15) is 35.2 Å². The van der Waals surface area contributed by atoms with Crippen molar-refractivity contribution in [3.63, 3.8) is 0 Å². The Morgan fingerprint density at radius 1 is 1.35 bits per heavy atom. The molecule has 0 aliphatic carbocycles. The molecule has 0 bridgehead atoms. The minimum atomic E-state index is -0.806. The summed E-state index contributed by atoms with van der Waals surface area (Å²) in [6.07, 6.45) is 1.46. The van der Waals surface area contributed by atoms with Crippen molar-refractivity contribution < 1.29 is 19.1 Å². The molecule has 1 aromatic carbocycles. The molecule has 0 aromatic heterocycles. The van der Waals surface area contributed by atoms with Crippen molar-refractivity contribution in [2.24, 2.45) is 5.92 Å².